The standard InChI is InChI=1S/C8H13ClN2O/c9-8(12)11-3-1-2-6-4-10-5-7(6)11/h6-7,10H,1-5H2/t6-,7+/m0/s1. The topological polar surface area (TPSA) is 32.3 Å². The van der Waals surface area contributed by atoms with Gasteiger partial charge < -0.3 is 10.2 Å². The number of carbonyl (C=O) groups is 1. The molecule has 1 N–H and O–H groups in total. The summed E-state index contributed by atoms with van der Waals surface area (Å²) in [6, 6.07) is 0.365. The summed E-state index contributed by atoms with van der Waals surface area (Å²) in [4.78, 5) is 12.8. The van der Waals surface area contributed by atoms with Gasteiger partial charge in [-0.1, -0.05) is 0 Å². The number of hydrogen-bond acceptors (Lipinski definition) is 2. The molecule has 0 unspecified atom stereocenters. The summed E-state index contributed by atoms with van der Waals surface area (Å²) in [7, 11) is 0. The molecule has 2 aliphatic rings. The quantitative estimate of drug-likeness (QED) is 0.455. The minimum atomic E-state index is -0.284. The zero-order valence-electron chi connectivity index (χ0n) is 6.92. The second kappa shape index (κ2) is 3.23. The normalized spacial score (nSPS) is 34.9. The minimum Gasteiger partial charge on any atom is -0.325 e. The third-order valence-electron chi connectivity index (χ3n) is 2.90. The number of amides is 1. The molecule has 0 spiro atoms. The van der Waals surface area contributed by atoms with E-state index in [1.807, 2.05) is 0 Å². The molecular formula is C8H13ClN2O. The van der Waals surface area contributed by atoms with Gasteiger partial charge in [0.2, 0.25) is 0 Å². The Morgan fingerprint density at radius 2 is 2.33 bits per heavy atom. The van der Waals surface area contributed by atoms with Crippen LogP contribution in [0.4, 0.5) is 4.79 Å². The Morgan fingerprint density at radius 1 is 1.50 bits per heavy atom. The van der Waals surface area contributed by atoms with Crippen LogP contribution in [0.2, 0.25) is 0 Å². The number of carbonyl (C=O) groups excluding carboxylic acids is 1. The molecule has 0 aromatic heterocycles. The molecule has 12 heavy (non-hydrogen) atoms. The lowest BCUT2D eigenvalue weighted by Crippen LogP contribution is -2.46. The highest BCUT2D eigenvalue weighted by Crippen LogP contribution is 2.26. The molecule has 1 amide bonds. The minimum absolute atomic E-state index is 0.284. The molecule has 3 nitrogen and oxygen atoms in total. The SMILES string of the molecule is O=C(Cl)N1CCC[C@H]2CNC[C@H]21. The van der Waals surface area contributed by atoms with E-state index in [-0.39, 0.29) is 5.37 Å². The Hall–Kier alpha value is -0.280. The van der Waals surface area contributed by atoms with Crippen LogP contribution in [0, 0.1) is 5.92 Å². The summed E-state index contributed by atoms with van der Waals surface area (Å²) < 4.78 is 0. The number of fused-ring (bicyclic) bond motifs is 1. The zero-order valence-corrected chi connectivity index (χ0v) is 7.68. The van der Waals surface area contributed by atoms with Gasteiger partial charge in [-0.2, -0.15) is 0 Å². The molecule has 0 aliphatic carbocycles. The first-order valence-corrected chi connectivity index (χ1v) is 4.83. The lowest BCUT2D eigenvalue weighted by Gasteiger charge is -2.35. The molecule has 68 valence electrons. The van der Waals surface area contributed by atoms with Crippen LogP contribution in [0.5, 0.6) is 0 Å². The predicted octanol–water partition coefficient (Wildman–Crippen LogP) is 1.03. The van der Waals surface area contributed by atoms with Gasteiger partial charge in [-0.15, -0.1) is 0 Å². The average Bonchev–Trinajstić information content (AvgIpc) is 2.49. The Bertz CT molecular complexity index is 197. The highest BCUT2D eigenvalue weighted by Gasteiger charge is 2.36. The maximum Gasteiger partial charge on any atom is 0.316 e. The first-order valence-electron chi connectivity index (χ1n) is 4.46. The molecule has 0 radical (unpaired) electrons. The molecule has 0 aromatic carbocycles. The maximum atomic E-state index is 11.0. The van der Waals surface area contributed by atoms with E-state index < -0.39 is 0 Å². The van der Waals surface area contributed by atoms with E-state index in [9.17, 15) is 4.79 Å². The van der Waals surface area contributed by atoms with E-state index in [2.05, 4.69) is 5.32 Å². The van der Waals surface area contributed by atoms with E-state index in [4.69, 9.17) is 11.6 Å². The van der Waals surface area contributed by atoms with Gasteiger partial charge >= 0.3 is 5.37 Å². The van der Waals surface area contributed by atoms with Crippen LogP contribution in [0.3, 0.4) is 0 Å². The van der Waals surface area contributed by atoms with E-state index in [1.165, 1.54) is 6.42 Å². The lowest BCUT2D eigenvalue weighted by atomic mass is 9.93. The molecule has 4 heteroatoms. The smallest absolute Gasteiger partial charge is 0.316 e. The summed E-state index contributed by atoms with van der Waals surface area (Å²) >= 11 is 5.48. The fraction of sp³-hybridized carbons (Fsp3) is 0.875. The van der Waals surface area contributed by atoms with Crippen molar-refractivity contribution in [2.24, 2.45) is 5.92 Å². The summed E-state index contributed by atoms with van der Waals surface area (Å²) in [6.07, 6.45) is 2.33. The molecule has 2 atom stereocenters. The summed E-state index contributed by atoms with van der Waals surface area (Å²) in [5, 5.41) is 3.01. The molecule has 0 saturated carbocycles. The number of nitrogens with one attached hydrogen (secondary N) is 1. The number of nitrogens with zero attached hydrogens (tertiary/aromatic N) is 1. The van der Waals surface area contributed by atoms with Gasteiger partial charge in [0.1, 0.15) is 0 Å². The molecule has 2 rings (SSSR count). The van der Waals surface area contributed by atoms with Crippen molar-refractivity contribution in [3.05, 3.63) is 0 Å². The molecule has 0 bridgehead atoms. The first kappa shape index (κ1) is 8.32. The van der Waals surface area contributed by atoms with Gasteiger partial charge in [-0.25, -0.2) is 0 Å². The third-order valence-corrected chi connectivity index (χ3v) is 3.12. The number of piperidine rings is 1. The highest BCUT2D eigenvalue weighted by atomic mass is 35.5. The number of halogens is 1. The van der Waals surface area contributed by atoms with Gasteiger partial charge in [0.25, 0.3) is 0 Å². The second-order valence-corrected chi connectivity index (χ2v) is 3.90. The van der Waals surface area contributed by atoms with E-state index in [0.717, 1.165) is 26.1 Å². The van der Waals surface area contributed by atoms with Crippen LogP contribution in [-0.4, -0.2) is 35.9 Å². The molecule has 2 aliphatic heterocycles. The average molecular weight is 189 g/mol. The second-order valence-electron chi connectivity index (χ2n) is 3.57. The molecule has 2 heterocycles. The Balaban J connectivity index is 2.08. The first-order chi connectivity index (χ1) is 5.79. The summed E-state index contributed by atoms with van der Waals surface area (Å²) in [5.41, 5.74) is 0. The predicted molar refractivity (Wildman–Crippen MR) is 47.3 cm³/mol. The van der Waals surface area contributed by atoms with Crippen molar-refractivity contribution in [2.45, 2.75) is 18.9 Å². The summed E-state index contributed by atoms with van der Waals surface area (Å²) in [5.74, 6) is 0.640. The van der Waals surface area contributed by atoms with Gasteiger partial charge in [0.05, 0.1) is 0 Å². The van der Waals surface area contributed by atoms with Crippen LogP contribution >= 0.6 is 11.6 Å². The van der Waals surface area contributed by atoms with Crippen molar-refractivity contribution in [3.63, 3.8) is 0 Å². The Labute approximate surface area is 77.1 Å². The number of likely N-dealkylation sites (tertiary alicyclic amines) is 1. The van der Waals surface area contributed by atoms with Gasteiger partial charge in [-0.3, -0.25) is 4.79 Å². The maximum absolute atomic E-state index is 11.0. The molecule has 2 fully saturated rings. The van der Waals surface area contributed by atoms with Crippen molar-refractivity contribution in [1.82, 2.24) is 10.2 Å². The zero-order chi connectivity index (χ0) is 8.55. The van der Waals surface area contributed by atoms with Crippen LogP contribution < -0.4 is 5.32 Å². The summed E-state index contributed by atoms with van der Waals surface area (Å²) in [6.45, 7) is 2.81. The molecule has 0 aromatic rings. The number of hydrogen-bond donors (Lipinski definition) is 1. The van der Waals surface area contributed by atoms with Crippen LogP contribution in [0.15, 0.2) is 0 Å². The van der Waals surface area contributed by atoms with Crippen molar-refractivity contribution in [1.29, 1.82) is 0 Å². The van der Waals surface area contributed by atoms with Crippen molar-refractivity contribution in [3.8, 4) is 0 Å². The van der Waals surface area contributed by atoms with Crippen molar-refractivity contribution >= 4 is 17.0 Å². The fourth-order valence-electron chi connectivity index (χ4n) is 2.29. The Kier molecular flexibility index (Phi) is 2.24. The van der Waals surface area contributed by atoms with E-state index >= 15 is 0 Å². The van der Waals surface area contributed by atoms with E-state index in [0.29, 0.717) is 12.0 Å². The van der Waals surface area contributed by atoms with Crippen molar-refractivity contribution in [2.75, 3.05) is 19.6 Å². The van der Waals surface area contributed by atoms with Crippen molar-refractivity contribution < 1.29 is 4.79 Å². The molecular weight excluding hydrogens is 176 g/mol. The third kappa shape index (κ3) is 1.31. The van der Waals surface area contributed by atoms with Crippen LogP contribution in [0.1, 0.15) is 12.8 Å². The molecule has 2 saturated heterocycles. The van der Waals surface area contributed by atoms with Gasteiger partial charge in [0.15, 0.2) is 0 Å². The highest BCUT2D eigenvalue weighted by molar-refractivity contribution is 6.62. The number of rotatable bonds is 0. The van der Waals surface area contributed by atoms with E-state index in [1.54, 1.807) is 4.90 Å². The fourth-order valence-corrected chi connectivity index (χ4v) is 2.50. The van der Waals surface area contributed by atoms with Gasteiger partial charge in [-0.05, 0) is 30.4 Å². The monoisotopic (exact) mass is 188 g/mol. The van der Waals surface area contributed by atoms with Crippen LogP contribution in [-0.2, 0) is 0 Å². The Morgan fingerprint density at radius 3 is 3.08 bits per heavy atom. The van der Waals surface area contributed by atoms with Gasteiger partial charge in [0, 0.05) is 25.7 Å². The van der Waals surface area contributed by atoms with Crippen LogP contribution in [0.25, 0.3) is 0 Å². The largest absolute Gasteiger partial charge is 0.325 e. The lowest BCUT2D eigenvalue weighted by molar-refractivity contribution is 0.155.